The maximum atomic E-state index is 14.1. The summed E-state index contributed by atoms with van der Waals surface area (Å²) in [6.07, 6.45) is 4.09. The molecule has 1 heterocycles. The highest BCUT2D eigenvalue weighted by atomic mass is 19.4. The van der Waals surface area contributed by atoms with Gasteiger partial charge in [0.15, 0.2) is 0 Å². The van der Waals surface area contributed by atoms with E-state index in [1.54, 1.807) is 6.07 Å². The van der Waals surface area contributed by atoms with Gasteiger partial charge in [0.1, 0.15) is 11.6 Å². The number of allylic oxidation sites excluding steroid dienone is 3. The highest BCUT2D eigenvalue weighted by molar-refractivity contribution is 5.95. The van der Waals surface area contributed by atoms with Crippen molar-refractivity contribution >= 4 is 11.7 Å². The minimum Gasteiger partial charge on any atom is -0.462 e. The third kappa shape index (κ3) is 6.96. The van der Waals surface area contributed by atoms with E-state index in [2.05, 4.69) is 6.92 Å². The van der Waals surface area contributed by atoms with Crippen molar-refractivity contribution in [2.75, 3.05) is 11.5 Å². The van der Waals surface area contributed by atoms with Crippen LogP contribution in [0.1, 0.15) is 51.0 Å². The summed E-state index contributed by atoms with van der Waals surface area (Å²) in [5.74, 6) is -20.4. The van der Waals surface area contributed by atoms with Gasteiger partial charge in [-0.2, -0.15) is 44.8 Å². The van der Waals surface area contributed by atoms with Gasteiger partial charge in [0.25, 0.3) is 0 Å². The van der Waals surface area contributed by atoms with Crippen molar-refractivity contribution in [1.29, 1.82) is 5.26 Å². The second-order valence-electron chi connectivity index (χ2n) is 8.65. The van der Waals surface area contributed by atoms with E-state index in [0.717, 1.165) is 44.2 Å². The van der Waals surface area contributed by atoms with Crippen LogP contribution in [0.4, 0.5) is 45.2 Å². The van der Waals surface area contributed by atoms with Crippen molar-refractivity contribution in [2.24, 2.45) is 0 Å². The van der Waals surface area contributed by atoms with Gasteiger partial charge in [-0.1, -0.05) is 51.2 Å². The minimum absolute atomic E-state index is 0.0381. The number of anilines is 1. The summed E-state index contributed by atoms with van der Waals surface area (Å²) in [6.45, 7) is 2.22. The molecule has 13 heteroatoms. The summed E-state index contributed by atoms with van der Waals surface area (Å²) in [5.41, 5.74) is -1.85. The summed E-state index contributed by atoms with van der Waals surface area (Å²) in [4.78, 5) is 13.5. The van der Waals surface area contributed by atoms with Gasteiger partial charge < -0.3 is 9.64 Å². The SMILES string of the molecule is CCCCCCCCOC(=O)C(C#N)=C1C=CN(c2ccc(C(F)(F)C(F)(F)C(F)(F)C(F)(F)F)cc2)C=C1. The number of alkyl halides is 9. The van der Waals surface area contributed by atoms with Crippen LogP contribution in [0.5, 0.6) is 0 Å². The van der Waals surface area contributed by atoms with E-state index in [9.17, 15) is 49.6 Å². The molecule has 0 saturated carbocycles. The molecule has 0 bridgehead atoms. The lowest BCUT2D eigenvalue weighted by Gasteiger charge is -2.34. The van der Waals surface area contributed by atoms with E-state index >= 15 is 0 Å². The van der Waals surface area contributed by atoms with E-state index in [1.165, 1.54) is 29.5 Å². The number of carbonyl (C=O) groups excluding carboxylic acids is 1. The molecule has 1 aliphatic heterocycles. The smallest absolute Gasteiger partial charge is 0.460 e. The number of carbonyl (C=O) groups is 1. The molecule has 214 valence electrons. The van der Waals surface area contributed by atoms with Gasteiger partial charge in [0.05, 0.1) is 6.61 Å². The summed E-state index contributed by atoms with van der Waals surface area (Å²) >= 11 is 0. The molecule has 0 saturated heterocycles. The normalized spacial score (nSPS) is 14.4. The van der Waals surface area contributed by atoms with Crippen LogP contribution in [0.25, 0.3) is 0 Å². The molecular weight excluding hydrogens is 543 g/mol. The Kier molecular flexibility index (Phi) is 10.3. The zero-order valence-corrected chi connectivity index (χ0v) is 20.7. The number of unbranched alkanes of at least 4 members (excludes halogenated alkanes) is 5. The standard InChI is InChI=1S/C26H25F9N2O2/c1-2-3-4-5-6-7-16-39-22(38)21(17-36)18-12-14-37(15-13-18)20-10-8-19(9-11-20)23(27,28)24(29,30)25(31,32)26(33,34)35/h8-15H,2-7,16H2,1H3. The monoisotopic (exact) mass is 568 g/mol. The molecule has 0 amide bonds. The Balaban J connectivity index is 2.10. The lowest BCUT2D eigenvalue weighted by atomic mass is 9.96. The van der Waals surface area contributed by atoms with Crippen LogP contribution >= 0.6 is 0 Å². The lowest BCUT2D eigenvalue weighted by Crippen LogP contribution is -2.59. The molecule has 0 radical (unpaired) electrons. The molecule has 1 aromatic rings. The molecule has 4 nitrogen and oxygen atoms in total. The molecule has 0 spiro atoms. The first kappa shape index (κ1) is 31.8. The Morgan fingerprint density at radius 2 is 1.38 bits per heavy atom. The van der Waals surface area contributed by atoms with Crippen LogP contribution in [0.2, 0.25) is 0 Å². The molecule has 2 rings (SSSR count). The Hall–Kier alpha value is -3.43. The second kappa shape index (κ2) is 12.6. The quantitative estimate of drug-likeness (QED) is 0.0839. The van der Waals surface area contributed by atoms with Gasteiger partial charge in [-0.25, -0.2) is 4.79 Å². The maximum Gasteiger partial charge on any atom is 0.460 e. The number of benzene rings is 1. The molecular formula is C26H25F9N2O2. The Bertz CT molecular complexity index is 1120. The summed E-state index contributed by atoms with van der Waals surface area (Å²) < 4.78 is 124. The van der Waals surface area contributed by atoms with Crippen LogP contribution in [-0.2, 0) is 15.5 Å². The van der Waals surface area contributed by atoms with Crippen LogP contribution in [0.15, 0.2) is 60.0 Å². The number of rotatable bonds is 12. The van der Waals surface area contributed by atoms with Gasteiger partial charge in [0.2, 0.25) is 0 Å². The molecule has 1 aliphatic rings. The zero-order valence-electron chi connectivity index (χ0n) is 20.7. The Labute approximate surface area is 219 Å². The molecule has 39 heavy (non-hydrogen) atoms. The van der Waals surface area contributed by atoms with Crippen molar-refractivity contribution in [3.05, 3.63) is 65.5 Å². The first-order chi connectivity index (χ1) is 18.1. The van der Waals surface area contributed by atoms with Gasteiger partial charge >= 0.3 is 29.9 Å². The average molecular weight is 568 g/mol. The van der Waals surface area contributed by atoms with Crippen LogP contribution < -0.4 is 4.90 Å². The lowest BCUT2D eigenvalue weighted by molar-refractivity contribution is -0.399. The number of esters is 1. The van der Waals surface area contributed by atoms with Gasteiger partial charge in [-0.3, -0.25) is 0 Å². The minimum atomic E-state index is -6.99. The molecule has 0 atom stereocenters. The van der Waals surface area contributed by atoms with Crippen LogP contribution in [-0.4, -0.2) is 30.6 Å². The molecule has 0 aliphatic carbocycles. The summed E-state index contributed by atoms with van der Waals surface area (Å²) in [7, 11) is 0. The first-order valence-electron chi connectivity index (χ1n) is 11.9. The van der Waals surface area contributed by atoms with E-state index < -0.39 is 35.5 Å². The zero-order chi connectivity index (χ0) is 29.5. The number of halogens is 9. The van der Waals surface area contributed by atoms with E-state index in [0.29, 0.717) is 18.6 Å². The predicted octanol–water partition coefficient (Wildman–Crippen LogP) is 8.18. The van der Waals surface area contributed by atoms with Crippen molar-refractivity contribution in [1.82, 2.24) is 0 Å². The van der Waals surface area contributed by atoms with Crippen molar-refractivity contribution < 1.29 is 49.0 Å². The largest absolute Gasteiger partial charge is 0.462 e. The van der Waals surface area contributed by atoms with Crippen molar-refractivity contribution in [3.63, 3.8) is 0 Å². The summed E-state index contributed by atoms with van der Waals surface area (Å²) in [5, 5.41) is 9.37. The number of ether oxygens (including phenoxy) is 1. The first-order valence-corrected chi connectivity index (χ1v) is 11.9. The number of nitriles is 1. The number of nitrogens with zero attached hydrogens (tertiary/aromatic N) is 2. The fraction of sp³-hybridized carbons (Fsp3) is 0.462. The molecule has 1 aromatic carbocycles. The van der Waals surface area contributed by atoms with Crippen molar-refractivity contribution in [2.45, 2.75) is 69.4 Å². The van der Waals surface area contributed by atoms with E-state index in [-0.39, 0.29) is 23.4 Å². The predicted molar refractivity (Wildman–Crippen MR) is 124 cm³/mol. The third-order valence-corrected chi connectivity index (χ3v) is 5.84. The van der Waals surface area contributed by atoms with Crippen molar-refractivity contribution in [3.8, 4) is 6.07 Å². The fourth-order valence-corrected chi connectivity index (χ4v) is 3.51. The molecule has 0 unspecified atom stereocenters. The Morgan fingerprint density at radius 3 is 1.90 bits per heavy atom. The summed E-state index contributed by atoms with van der Waals surface area (Å²) in [6, 6.07) is 3.93. The van der Waals surface area contributed by atoms with Gasteiger partial charge in [-0.05, 0) is 30.7 Å². The van der Waals surface area contributed by atoms with Gasteiger partial charge in [-0.15, -0.1) is 0 Å². The van der Waals surface area contributed by atoms with Crippen LogP contribution in [0.3, 0.4) is 0 Å². The molecule has 0 N–H and O–H groups in total. The number of hydrogen-bond donors (Lipinski definition) is 0. The topological polar surface area (TPSA) is 53.3 Å². The van der Waals surface area contributed by atoms with Gasteiger partial charge in [0, 0.05) is 29.2 Å². The average Bonchev–Trinajstić information content (AvgIpc) is 2.88. The molecule has 0 fully saturated rings. The third-order valence-electron chi connectivity index (χ3n) is 5.84. The fourth-order valence-electron chi connectivity index (χ4n) is 3.51. The van der Waals surface area contributed by atoms with E-state index in [1.807, 2.05) is 0 Å². The van der Waals surface area contributed by atoms with E-state index in [4.69, 9.17) is 4.74 Å². The Morgan fingerprint density at radius 1 is 0.846 bits per heavy atom. The maximum absolute atomic E-state index is 14.1. The molecule has 0 aromatic heterocycles. The highest BCUT2D eigenvalue weighted by Crippen LogP contribution is 2.56. The van der Waals surface area contributed by atoms with Crippen LogP contribution in [0, 0.1) is 11.3 Å². The highest BCUT2D eigenvalue weighted by Gasteiger charge is 2.82. The number of hydrogen-bond acceptors (Lipinski definition) is 4. The second-order valence-corrected chi connectivity index (χ2v) is 8.65.